The first-order valence-electron chi connectivity index (χ1n) is 20.7. The molecule has 0 saturated heterocycles. The minimum atomic E-state index is -4.38. The maximum atomic E-state index is 12.5. The van der Waals surface area contributed by atoms with E-state index in [0.717, 1.165) is 70.6 Å². The van der Waals surface area contributed by atoms with Gasteiger partial charge in [-0.2, -0.15) is 0 Å². The second-order valence-electron chi connectivity index (χ2n) is 13.7. The minimum Gasteiger partial charge on any atom is -0.462 e. The van der Waals surface area contributed by atoms with Crippen LogP contribution in [-0.4, -0.2) is 48.6 Å². The van der Waals surface area contributed by atoms with Gasteiger partial charge >= 0.3 is 19.8 Å². The van der Waals surface area contributed by atoms with Gasteiger partial charge in [-0.05, 0) is 64.2 Å². The fourth-order valence-electron chi connectivity index (χ4n) is 5.66. The van der Waals surface area contributed by atoms with Crippen molar-refractivity contribution in [3.63, 3.8) is 0 Å². The van der Waals surface area contributed by atoms with Gasteiger partial charge in [0.05, 0.1) is 13.2 Å². The van der Waals surface area contributed by atoms with E-state index < -0.39 is 32.5 Å². The van der Waals surface area contributed by atoms with Crippen LogP contribution >= 0.6 is 19.4 Å². The van der Waals surface area contributed by atoms with Crippen LogP contribution < -0.4 is 0 Å². The fourth-order valence-corrected chi connectivity index (χ4v) is 6.60. The topological polar surface area (TPSA) is 108 Å². The lowest BCUT2D eigenvalue weighted by Gasteiger charge is -2.19. The van der Waals surface area contributed by atoms with Crippen molar-refractivity contribution in [1.29, 1.82) is 0 Å². The summed E-state index contributed by atoms with van der Waals surface area (Å²) < 4.78 is 32.7. The molecule has 10 heteroatoms. The number of carbonyl (C=O) groups is 2. The van der Waals surface area contributed by atoms with Crippen molar-refractivity contribution >= 4 is 31.4 Å². The lowest BCUT2D eigenvalue weighted by Crippen LogP contribution is -2.29. The summed E-state index contributed by atoms with van der Waals surface area (Å²) in [5, 5.41) is 0. The van der Waals surface area contributed by atoms with Crippen LogP contribution in [0.4, 0.5) is 0 Å². The van der Waals surface area contributed by atoms with Crippen LogP contribution in [0.15, 0.2) is 24.3 Å². The average Bonchev–Trinajstić information content (AvgIpc) is 3.11. The maximum absolute atomic E-state index is 12.5. The molecule has 0 saturated carbocycles. The average molecular weight is 763 g/mol. The Hall–Kier alpha value is -1.18. The molecular formula is C41H76ClO8P. The van der Waals surface area contributed by atoms with E-state index in [1.165, 1.54) is 89.9 Å². The molecule has 0 heterocycles. The van der Waals surface area contributed by atoms with E-state index in [2.05, 4.69) is 38.2 Å². The molecule has 51 heavy (non-hydrogen) atoms. The number of halogens is 1. The van der Waals surface area contributed by atoms with Crippen molar-refractivity contribution in [3.8, 4) is 0 Å². The zero-order valence-electron chi connectivity index (χ0n) is 32.6. The quantitative estimate of drug-likeness (QED) is 0.0217. The molecule has 0 aliphatic carbocycles. The van der Waals surface area contributed by atoms with Gasteiger partial charge in [-0.15, -0.1) is 11.6 Å². The number of phosphoric acid groups is 1. The Bertz CT molecular complexity index is 897. The number of ether oxygens (including phenoxy) is 2. The Morgan fingerprint density at radius 2 is 0.961 bits per heavy atom. The molecule has 0 aliphatic heterocycles. The van der Waals surface area contributed by atoms with Crippen LogP contribution in [0.5, 0.6) is 0 Å². The molecule has 0 spiro atoms. The molecule has 2 atom stereocenters. The number of esters is 2. The van der Waals surface area contributed by atoms with E-state index in [4.69, 9.17) is 30.1 Å². The first-order chi connectivity index (χ1) is 24.8. The third kappa shape index (κ3) is 38.4. The number of phosphoric ester groups is 1. The van der Waals surface area contributed by atoms with Gasteiger partial charge in [-0.1, -0.05) is 141 Å². The summed E-state index contributed by atoms with van der Waals surface area (Å²) in [6.07, 6.45) is 39.1. The first-order valence-corrected chi connectivity index (χ1v) is 22.7. The van der Waals surface area contributed by atoms with Gasteiger partial charge in [-0.25, -0.2) is 4.57 Å². The summed E-state index contributed by atoms with van der Waals surface area (Å²) in [4.78, 5) is 34.8. The van der Waals surface area contributed by atoms with Crippen molar-refractivity contribution in [2.45, 2.75) is 200 Å². The van der Waals surface area contributed by atoms with Crippen molar-refractivity contribution in [3.05, 3.63) is 24.3 Å². The van der Waals surface area contributed by atoms with Gasteiger partial charge in [0.15, 0.2) is 6.10 Å². The maximum Gasteiger partial charge on any atom is 0.472 e. The van der Waals surface area contributed by atoms with Crippen molar-refractivity contribution in [2.75, 3.05) is 25.7 Å². The predicted molar refractivity (Wildman–Crippen MR) is 212 cm³/mol. The van der Waals surface area contributed by atoms with Crippen LogP contribution in [0.1, 0.15) is 194 Å². The van der Waals surface area contributed by atoms with Gasteiger partial charge in [0.2, 0.25) is 0 Å². The minimum absolute atomic E-state index is 0.0241. The summed E-state index contributed by atoms with van der Waals surface area (Å²) in [6.45, 7) is 3.64. The van der Waals surface area contributed by atoms with Crippen LogP contribution in [0.3, 0.4) is 0 Å². The molecule has 300 valence electrons. The number of hydrogen-bond donors (Lipinski definition) is 1. The molecule has 0 aliphatic rings. The molecule has 8 nitrogen and oxygen atoms in total. The SMILES string of the molecule is CCCCCCCC/C=C\CCCCCCCC(=O)OC[C@H](COP(=O)(O)OCCCl)OC(=O)CCCCCCC/C=C\CCCCCCCC. The molecule has 0 aromatic heterocycles. The Morgan fingerprint density at radius 3 is 1.39 bits per heavy atom. The Morgan fingerprint density at radius 1 is 0.569 bits per heavy atom. The smallest absolute Gasteiger partial charge is 0.462 e. The molecule has 0 rings (SSSR count). The summed E-state index contributed by atoms with van der Waals surface area (Å²) >= 11 is 5.53. The monoisotopic (exact) mass is 762 g/mol. The molecule has 1 unspecified atom stereocenters. The molecule has 0 aromatic rings. The van der Waals surface area contributed by atoms with Crippen molar-refractivity contribution in [2.24, 2.45) is 0 Å². The number of alkyl halides is 1. The second kappa shape index (κ2) is 38.5. The fraction of sp³-hybridized carbons (Fsp3) is 0.854. The molecule has 0 radical (unpaired) electrons. The van der Waals surface area contributed by atoms with Gasteiger partial charge in [0.25, 0.3) is 0 Å². The highest BCUT2D eigenvalue weighted by molar-refractivity contribution is 7.47. The van der Waals surface area contributed by atoms with Gasteiger partial charge in [0.1, 0.15) is 6.61 Å². The molecule has 0 aromatic carbocycles. The van der Waals surface area contributed by atoms with E-state index in [1.54, 1.807) is 0 Å². The highest BCUT2D eigenvalue weighted by Gasteiger charge is 2.26. The van der Waals surface area contributed by atoms with Gasteiger partial charge in [0, 0.05) is 18.7 Å². The van der Waals surface area contributed by atoms with Crippen LogP contribution in [-0.2, 0) is 32.7 Å². The lowest BCUT2D eigenvalue weighted by atomic mass is 10.1. The van der Waals surface area contributed by atoms with Crippen molar-refractivity contribution < 1.29 is 37.6 Å². The van der Waals surface area contributed by atoms with E-state index in [9.17, 15) is 19.0 Å². The zero-order valence-corrected chi connectivity index (χ0v) is 34.3. The summed E-state index contributed by atoms with van der Waals surface area (Å²) in [7, 11) is -4.38. The van der Waals surface area contributed by atoms with Crippen LogP contribution in [0, 0.1) is 0 Å². The molecule has 1 N–H and O–H groups in total. The van der Waals surface area contributed by atoms with E-state index >= 15 is 0 Å². The number of carbonyl (C=O) groups excluding carboxylic acids is 2. The molecule has 0 bridgehead atoms. The summed E-state index contributed by atoms with van der Waals surface area (Å²) in [5.74, 6) is -0.823. The summed E-state index contributed by atoms with van der Waals surface area (Å²) in [6, 6.07) is 0. The first kappa shape index (κ1) is 49.8. The second-order valence-corrected chi connectivity index (χ2v) is 15.6. The number of hydrogen-bond acceptors (Lipinski definition) is 7. The highest BCUT2D eigenvalue weighted by Crippen LogP contribution is 2.43. The Labute approximate surface area is 317 Å². The summed E-state index contributed by atoms with van der Waals surface area (Å²) in [5.41, 5.74) is 0. The Kier molecular flexibility index (Phi) is 37.6. The van der Waals surface area contributed by atoms with E-state index in [1.807, 2.05) is 0 Å². The molecule has 0 fully saturated rings. The zero-order chi connectivity index (χ0) is 37.5. The number of unbranched alkanes of at least 4 members (excludes halogenated alkanes) is 22. The third-order valence-electron chi connectivity index (χ3n) is 8.77. The molecular weight excluding hydrogens is 687 g/mol. The Balaban J connectivity index is 4.20. The van der Waals surface area contributed by atoms with E-state index in [0.29, 0.717) is 6.42 Å². The highest BCUT2D eigenvalue weighted by atomic mass is 35.5. The third-order valence-corrected chi connectivity index (χ3v) is 9.91. The van der Waals surface area contributed by atoms with Crippen LogP contribution in [0.2, 0.25) is 0 Å². The number of allylic oxidation sites excluding steroid dienone is 4. The normalized spacial score (nSPS) is 13.6. The molecule has 0 amide bonds. The van der Waals surface area contributed by atoms with Crippen LogP contribution in [0.25, 0.3) is 0 Å². The standard InChI is InChI=1S/C41H76ClO8P/c1-3-5-7-9-11-13-15-17-19-21-23-25-27-29-31-33-40(43)47-37-39(38-49-51(45,46)48-36-35-42)50-41(44)34-32-30-28-26-24-22-20-18-16-14-12-10-8-6-4-2/h17-20,39H,3-16,21-38H2,1-2H3,(H,45,46)/b19-17-,20-18-/t39-/m1/s1. The van der Waals surface area contributed by atoms with Gasteiger partial charge < -0.3 is 14.4 Å². The number of rotatable bonds is 39. The van der Waals surface area contributed by atoms with Crippen molar-refractivity contribution in [1.82, 2.24) is 0 Å². The predicted octanol–water partition coefficient (Wildman–Crippen LogP) is 12.9. The largest absolute Gasteiger partial charge is 0.472 e. The lowest BCUT2D eigenvalue weighted by molar-refractivity contribution is -0.161. The van der Waals surface area contributed by atoms with E-state index in [-0.39, 0.29) is 31.9 Å². The van der Waals surface area contributed by atoms with Gasteiger partial charge in [-0.3, -0.25) is 18.6 Å².